The Labute approximate surface area is 99.9 Å². The Morgan fingerprint density at radius 3 is 3.00 bits per heavy atom. The Hall–Kier alpha value is 0.0700. The van der Waals surface area contributed by atoms with Crippen molar-refractivity contribution in [2.24, 2.45) is 5.92 Å². The van der Waals surface area contributed by atoms with Crippen LogP contribution in [0.25, 0.3) is 0 Å². The molecule has 0 amide bonds. The van der Waals surface area contributed by atoms with E-state index in [1.807, 2.05) is 23.7 Å². The van der Waals surface area contributed by atoms with Gasteiger partial charge in [0.1, 0.15) is 4.99 Å². The van der Waals surface area contributed by atoms with Crippen LogP contribution in [-0.4, -0.2) is 27.7 Å². The summed E-state index contributed by atoms with van der Waals surface area (Å²) in [6.07, 6.45) is 5.92. The van der Waals surface area contributed by atoms with Crippen molar-refractivity contribution in [2.45, 2.75) is 19.3 Å². The third-order valence-electron chi connectivity index (χ3n) is 2.72. The molecule has 2 rings (SSSR count). The molecule has 2 aliphatic heterocycles. The number of thiocarbonyl (C=S) groups is 2. The van der Waals surface area contributed by atoms with Crippen LogP contribution in [0.2, 0.25) is 0 Å². The first-order valence-corrected chi connectivity index (χ1v) is 6.66. The zero-order valence-corrected chi connectivity index (χ0v) is 10.6. The van der Waals surface area contributed by atoms with Gasteiger partial charge in [0.2, 0.25) is 0 Å². The van der Waals surface area contributed by atoms with Gasteiger partial charge < -0.3 is 4.90 Å². The maximum absolute atomic E-state index is 5.45. The smallest absolute Gasteiger partial charge is 0.107 e. The molecule has 1 atom stereocenters. The van der Waals surface area contributed by atoms with Gasteiger partial charge in [-0.05, 0) is 29.6 Å². The summed E-state index contributed by atoms with van der Waals surface area (Å²) in [7, 11) is 1.98. The summed E-state index contributed by atoms with van der Waals surface area (Å²) in [6, 6.07) is 0. The maximum atomic E-state index is 5.45. The molecular weight excluding hydrogens is 230 g/mol. The van der Waals surface area contributed by atoms with Gasteiger partial charge in [-0.1, -0.05) is 30.9 Å². The van der Waals surface area contributed by atoms with Gasteiger partial charge in [0, 0.05) is 13.0 Å². The fourth-order valence-electron chi connectivity index (χ4n) is 1.83. The Balaban J connectivity index is 2.31. The van der Waals surface area contributed by atoms with Gasteiger partial charge in [-0.2, -0.15) is 0 Å². The highest BCUT2D eigenvalue weighted by molar-refractivity contribution is 8.03. The average molecular weight is 243 g/mol. The lowest BCUT2D eigenvalue weighted by molar-refractivity contribution is 0.620. The zero-order chi connectivity index (χ0) is 10.1. The van der Waals surface area contributed by atoms with Gasteiger partial charge in [0.25, 0.3) is 0 Å². The normalized spacial score (nSPS) is 28.2. The second-order valence-electron chi connectivity index (χ2n) is 3.68. The van der Waals surface area contributed by atoms with Gasteiger partial charge >= 0.3 is 0 Å². The fourth-order valence-corrected chi connectivity index (χ4v) is 3.82. The predicted octanol–water partition coefficient (Wildman–Crippen LogP) is 3.00. The van der Waals surface area contributed by atoms with Crippen molar-refractivity contribution in [2.75, 3.05) is 12.8 Å². The molecule has 1 saturated heterocycles. The van der Waals surface area contributed by atoms with Crippen molar-refractivity contribution in [1.29, 1.82) is 0 Å². The summed E-state index contributed by atoms with van der Waals surface area (Å²) in [5.41, 5.74) is 0. The number of rotatable bonds is 0. The molecular formula is C10H13NS3. The van der Waals surface area contributed by atoms with E-state index in [1.165, 1.54) is 29.9 Å². The molecule has 0 bridgehead atoms. The van der Waals surface area contributed by atoms with E-state index in [0.29, 0.717) is 5.92 Å². The van der Waals surface area contributed by atoms with E-state index < -0.39 is 0 Å². The lowest BCUT2D eigenvalue weighted by Crippen LogP contribution is -2.38. The van der Waals surface area contributed by atoms with Crippen molar-refractivity contribution in [3.8, 4) is 0 Å². The Kier molecular flexibility index (Phi) is 3.24. The van der Waals surface area contributed by atoms with E-state index in [9.17, 15) is 0 Å². The standard InChI is InChI=1S/C10H13NS3/c1-11-9(12)6-8-7(10(11)13)4-2-3-5-14-8/h6-7H,2-5H2,1H3. The fraction of sp³-hybridized carbons (Fsp3) is 0.600. The van der Waals surface area contributed by atoms with Crippen molar-refractivity contribution in [3.05, 3.63) is 11.0 Å². The van der Waals surface area contributed by atoms with Gasteiger partial charge in [-0.3, -0.25) is 0 Å². The average Bonchev–Trinajstić information content (AvgIpc) is 2.39. The molecule has 2 aliphatic rings. The van der Waals surface area contributed by atoms with Crippen LogP contribution in [0.5, 0.6) is 0 Å². The first-order chi connectivity index (χ1) is 6.70. The van der Waals surface area contributed by atoms with Gasteiger partial charge in [-0.25, -0.2) is 0 Å². The number of nitrogens with zero attached hydrogens (tertiary/aromatic N) is 1. The zero-order valence-electron chi connectivity index (χ0n) is 8.16. The van der Waals surface area contributed by atoms with Crippen LogP contribution in [-0.2, 0) is 0 Å². The summed E-state index contributed by atoms with van der Waals surface area (Å²) in [5.74, 6) is 1.69. The second-order valence-corrected chi connectivity index (χ2v) is 5.68. The molecule has 14 heavy (non-hydrogen) atoms. The Morgan fingerprint density at radius 2 is 2.21 bits per heavy atom. The highest BCUT2D eigenvalue weighted by Crippen LogP contribution is 2.37. The van der Waals surface area contributed by atoms with Crippen molar-refractivity contribution in [3.63, 3.8) is 0 Å². The molecule has 0 radical (unpaired) electrons. The molecule has 0 aliphatic carbocycles. The van der Waals surface area contributed by atoms with Crippen LogP contribution in [0.4, 0.5) is 0 Å². The number of likely N-dealkylation sites (N-methyl/N-ethyl adjacent to an activating group) is 1. The minimum Gasteiger partial charge on any atom is -0.330 e. The summed E-state index contributed by atoms with van der Waals surface area (Å²) >= 11 is 12.7. The topological polar surface area (TPSA) is 3.24 Å². The maximum Gasteiger partial charge on any atom is 0.107 e. The van der Waals surface area contributed by atoms with Crippen molar-refractivity contribution in [1.82, 2.24) is 4.90 Å². The van der Waals surface area contributed by atoms with Crippen LogP contribution in [0.15, 0.2) is 11.0 Å². The lowest BCUT2D eigenvalue weighted by atomic mass is 9.98. The quantitative estimate of drug-likeness (QED) is 0.601. The molecule has 1 unspecified atom stereocenters. The first kappa shape index (κ1) is 10.6. The number of hydrogen-bond donors (Lipinski definition) is 0. The third kappa shape index (κ3) is 1.88. The SMILES string of the molecule is CN1C(=S)C=C2SCCCCC2C1=S. The molecule has 2 heterocycles. The minimum atomic E-state index is 0.467. The summed E-state index contributed by atoms with van der Waals surface area (Å²) in [4.78, 5) is 5.26. The molecule has 76 valence electrons. The van der Waals surface area contributed by atoms with Crippen LogP contribution >= 0.6 is 36.2 Å². The number of fused-ring (bicyclic) bond motifs is 1. The molecule has 4 heteroatoms. The molecule has 0 N–H and O–H groups in total. The highest BCUT2D eigenvalue weighted by atomic mass is 32.2. The molecule has 0 aromatic rings. The Morgan fingerprint density at radius 1 is 1.43 bits per heavy atom. The van der Waals surface area contributed by atoms with Crippen molar-refractivity contribution >= 4 is 46.2 Å². The third-order valence-corrected chi connectivity index (χ3v) is 4.90. The predicted molar refractivity (Wildman–Crippen MR) is 70.8 cm³/mol. The van der Waals surface area contributed by atoms with E-state index in [4.69, 9.17) is 24.4 Å². The van der Waals surface area contributed by atoms with Crippen molar-refractivity contribution < 1.29 is 0 Å². The molecule has 1 fully saturated rings. The van der Waals surface area contributed by atoms with Gasteiger partial charge in [-0.15, -0.1) is 11.8 Å². The van der Waals surface area contributed by atoms with Gasteiger partial charge in [0.05, 0.1) is 4.99 Å². The van der Waals surface area contributed by atoms with E-state index in [1.54, 1.807) is 0 Å². The second kappa shape index (κ2) is 4.29. The molecule has 0 saturated carbocycles. The summed E-state index contributed by atoms with van der Waals surface area (Å²) in [5, 5.41) is 0. The first-order valence-electron chi connectivity index (χ1n) is 4.86. The lowest BCUT2D eigenvalue weighted by Gasteiger charge is -2.31. The van der Waals surface area contributed by atoms with Crippen LogP contribution in [0, 0.1) is 5.92 Å². The van der Waals surface area contributed by atoms with E-state index in [-0.39, 0.29) is 0 Å². The molecule has 0 aromatic carbocycles. The van der Waals surface area contributed by atoms with E-state index >= 15 is 0 Å². The Bertz CT molecular complexity index is 308. The summed E-state index contributed by atoms with van der Waals surface area (Å²) in [6.45, 7) is 0. The van der Waals surface area contributed by atoms with E-state index in [2.05, 4.69) is 6.08 Å². The molecule has 0 aromatic heterocycles. The highest BCUT2D eigenvalue weighted by Gasteiger charge is 2.29. The van der Waals surface area contributed by atoms with Crippen LogP contribution < -0.4 is 0 Å². The molecule has 0 spiro atoms. The van der Waals surface area contributed by atoms with Crippen LogP contribution in [0.1, 0.15) is 19.3 Å². The van der Waals surface area contributed by atoms with Gasteiger partial charge in [0.15, 0.2) is 0 Å². The number of hydrogen-bond acceptors (Lipinski definition) is 3. The largest absolute Gasteiger partial charge is 0.330 e. The minimum absolute atomic E-state index is 0.467. The summed E-state index contributed by atoms with van der Waals surface area (Å²) < 4.78 is 0. The molecule has 1 nitrogen and oxygen atoms in total. The monoisotopic (exact) mass is 243 g/mol. The van der Waals surface area contributed by atoms with Crippen LogP contribution in [0.3, 0.4) is 0 Å². The van der Waals surface area contributed by atoms with E-state index in [0.717, 1.165) is 9.98 Å². The number of thioether (sulfide) groups is 1.